The molecule has 0 spiro atoms. The third kappa shape index (κ3) is 4.31. The van der Waals surface area contributed by atoms with Crippen molar-refractivity contribution in [3.8, 4) is 0 Å². The Morgan fingerprint density at radius 3 is 3.00 bits per heavy atom. The van der Waals surface area contributed by atoms with Gasteiger partial charge in [-0.1, -0.05) is 0 Å². The molecule has 2 N–H and O–H groups in total. The molecular formula is C16H21FN2O3S. The molecule has 0 unspecified atom stereocenters. The molecule has 0 aliphatic carbocycles. The van der Waals surface area contributed by atoms with Crippen LogP contribution in [0.4, 0.5) is 4.39 Å². The molecule has 1 aromatic heterocycles. The molecule has 0 radical (unpaired) electrons. The van der Waals surface area contributed by atoms with E-state index >= 15 is 0 Å². The number of hydrogen-bond acceptors (Lipinski definition) is 3. The predicted molar refractivity (Wildman–Crippen MR) is 87.3 cm³/mol. The lowest BCUT2D eigenvalue weighted by atomic mass is 10.1. The Kier molecular flexibility index (Phi) is 4.99. The Labute approximate surface area is 135 Å². The van der Waals surface area contributed by atoms with E-state index in [1.807, 2.05) is 0 Å². The topological polar surface area (TPSA) is 71.2 Å². The molecule has 0 amide bonds. The summed E-state index contributed by atoms with van der Waals surface area (Å²) >= 11 is 0. The molecule has 2 heterocycles. The number of aromatic amines is 1. The molecule has 3 rings (SSSR count). The fourth-order valence-corrected chi connectivity index (χ4v) is 4.22. The summed E-state index contributed by atoms with van der Waals surface area (Å²) in [7, 11) is -3.36. The first-order valence-electron chi connectivity index (χ1n) is 7.88. The van der Waals surface area contributed by atoms with Gasteiger partial charge in [-0.15, -0.1) is 0 Å². The van der Waals surface area contributed by atoms with E-state index in [4.69, 9.17) is 4.74 Å². The predicted octanol–water partition coefficient (Wildman–Crippen LogP) is 2.34. The largest absolute Gasteiger partial charge is 0.377 e. The number of rotatable bonds is 6. The van der Waals surface area contributed by atoms with Crippen molar-refractivity contribution < 1.29 is 17.5 Å². The van der Waals surface area contributed by atoms with E-state index in [-0.39, 0.29) is 17.7 Å². The molecular weight excluding hydrogens is 319 g/mol. The van der Waals surface area contributed by atoms with E-state index in [0.29, 0.717) is 19.6 Å². The molecule has 1 atom stereocenters. The second kappa shape index (κ2) is 6.98. The Morgan fingerprint density at radius 1 is 1.35 bits per heavy atom. The molecule has 23 heavy (non-hydrogen) atoms. The minimum atomic E-state index is -3.36. The van der Waals surface area contributed by atoms with Crippen LogP contribution in [0.25, 0.3) is 10.9 Å². The summed E-state index contributed by atoms with van der Waals surface area (Å²) in [6.45, 7) is 0.930. The van der Waals surface area contributed by atoms with Crippen LogP contribution in [0.3, 0.4) is 0 Å². The third-order valence-corrected chi connectivity index (χ3v) is 5.58. The maximum absolute atomic E-state index is 13.3. The molecule has 1 aromatic carbocycles. The lowest BCUT2D eigenvalue weighted by Gasteiger charge is -2.22. The number of sulfonamides is 1. The van der Waals surface area contributed by atoms with E-state index < -0.39 is 10.0 Å². The third-order valence-electron chi connectivity index (χ3n) is 4.13. The Morgan fingerprint density at radius 2 is 2.22 bits per heavy atom. The van der Waals surface area contributed by atoms with Gasteiger partial charge >= 0.3 is 0 Å². The van der Waals surface area contributed by atoms with Gasteiger partial charge in [0, 0.05) is 30.3 Å². The molecule has 1 aliphatic rings. The average molecular weight is 340 g/mol. The Hall–Kier alpha value is -1.44. The minimum Gasteiger partial charge on any atom is -0.377 e. The fourth-order valence-electron chi connectivity index (χ4n) is 2.94. The number of ether oxygens (including phenoxy) is 1. The summed E-state index contributed by atoms with van der Waals surface area (Å²) in [6.07, 6.45) is 4.91. The van der Waals surface area contributed by atoms with Crippen molar-refractivity contribution >= 4 is 20.9 Å². The monoisotopic (exact) mass is 340 g/mol. The molecule has 2 aromatic rings. The minimum absolute atomic E-state index is 0.00944. The van der Waals surface area contributed by atoms with Crippen molar-refractivity contribution in [3.05, 3.63) is 35.8 Å². The van der Waals surface area contributed by atoms with Crippen LogP contribution in [0.2, 0.25) is 0 Å². The van der Waals surface area contributed by atoms with Crippen LogP contribution in [0, 0.1) is 5.82 Å². The quantitative estimate of drug-likeness (QED) is 0.848. The van der Waals surface area contributed by atoms with Crippen molar-refractivity contribution in [2.24, 2.45) is 0 Å². The SMILES string of the molecule is O=S(=O)(C[C@@H]1CCCCO1)NCCc1c[nH]c2ccc(F)cc12. The van der Waals surface area contributed by atoms with Crippen LogP contribution in [-0.4, -0.2) is 38.4 Å². The molecule has 0 saturated carbocycles. The first-order chi connectivity index (χ1) is 11.0. The molecule has 126 valence electrons. The zero-order valence-electron chi connectivity index (χ0n) is 12.8. The number of benzene rings is 1. The highest BCUT2D eigenvalue weighted by Gasteiger charge is 2.21. The van der Waals surface area contributed by atoms with Gasteiger partial charge in [0.25, 0.3) is 0 Å². The molecule has 5 nitrogen and oxygen atoms in total. The first-order valence-corrected chi connectivity index (χ1v) is 9.53. The van der Waals surface area contributed by atoms with Crippen LogP contribution in [0.5, 0.6) is 0 Å². The standard InChI is InChI=1S/C16H21FN2O3S/c17-13-4-5-16-15(9-13)12(10-18-16)6-7-19-23(20,21)11-14-3-1-2-8-22-14/h4-5,9-10,14,18-19H,1-3,6-8,11H2/t14-/m0/s1. The highest BCUT2D eigenvalue weighted by Crippen LogP contribution is 2.19. The summed E-state index contributed by atoms with van der Waals surface area (Å²) in [5.74, 6) is -0.288. The molecule has 0 bridgehead atoms. The number of nitrogens with one attached hydrogen (secondary N) is 2. The smallest absolute Gasteiger partial charge is 0.214 e. The maximum atomic E-state index is 13.3. The maximum Gasteiger partial charge on any atom is 0.214 e. The molecule has 1 saturated heterocycles. The lowest BCUT2D eigenvalue weighted by molar-refractivity contribution is 0.0304. The van der Waals surface area contributed by atoms with E-state index in [1.54, 1.807) is 12.3 Å². The van der Waals surface area contributed by atoms with Crippen molar-refractivity contribution in [2.45, 2.75) is 31.8 Å². The summed E-state index contributed by atoms with van der Waals surface area (Å²) in [5, 5.41) is 0.791. The van der Waals surface area contributed by atoms with Gasteiger partial charge in [0.15, 0.2) is 0 Å². The zero-order chi connectivity index (χ0) is 16.3. The van der Waals surface area contributed by atoms with E-state index in [1.165, 1.54) is 12.1 Å². The van der Waals surface area contributed by atoms with Crippen LogP contribution >= 0.6 is 0 Å². The number of hydrogen-bond donors (Lipinski definition) is 2. The fraction of sp³-hybridized carbons (Fsp3) is 0.500. The van der Waals surface area contributed by atoms with Crippen molar-refractivity contribution in [2.75, 3.05) is 18.9 Å². The van der Waals surface area contributed by atoms with Crippen molar-refractivity contribution in [3.63, 3.8) is 0 Å². The van der Waals surface area contributed by atoms with Gasteiger partial charge in [-0.05, 0) is 49.4 Å². The highest BCUT2D eigenvalue weighted by molar-refractivity contribution is 7.89. The summed E-state index contributed by atoms with van der Waals surface area (Å²) in [5.41, 5.74) is 1.75. The van der Waals surface area contributed by atoms with Gasteiger partial charge in [0.05, 0.1) is 11.9 Å². The Bertz CT molecular complexity index is 767. The highest BCUT2D eigenvalue weighted by atomic mass is 32.2. The number of H-pyrrole nitrogens is 1. The van der Waals surface area contributed by atoms with Gasteiger partial charge in [-0.25, -0.2) is 17.5 Å². The number of aromatic nitrogens is 1. The zero-order valence-corrected chi connectivity index (χ0v) is 13.7. The lowest BCUT2D eigenvalue weighted by Crippen LogP contribution is -2.35. The second-order valence-electron chi connectivity index (χ2n) is 5.92. The van der Waals surface area contributed by atoms with Gasteiger partial charge in [-0.3, -0.25) is 0 Å². The van der Waals surface area contributed by atoms with Crippen molar-refractivity contribution in [1.82, 2.24) is 9.71 Å². The van der Waals surface area contributed by atoms with Crippen LogP contribution < -0.4 is 4.72 Å². The Balaban J connectivity index is 1.56. The van der Waals surface area contributed by atoms with Crippen LogP contribution in [0.1, 0.15) is 24.8 Å². The normalized spacial score (nSPS) is 19.3. The van der Waals surface area contributed by atoms with Gasteiger partial charge in [0.2, 0.25) is 10.0 Å². The summed E-state index contributed by atoms with van der Waals surface area (Å²) in [4.78, 5) is 3.06. The second-order valence-corrected chi connectivity index (χ2v) is 7.77. The molecule has 1 fully saturated rings. The van der Waals surface area contributed by atoms with E-state index in [0.717, 1.165) is 35.7 Å². The van der Waals surface area contributed by atoms with E-state index in [9.17, 15) is 12.8 Å². The molecule has 1 aliphatic heterocycles. The van der Waals surface area contributed by atoms with Gasteiger partial charge < -0.3 is 9.72 Å². The van der Waals surface area contributed by atoms with Gasteiger partial charge in [-0.2, -0.15) is 0 Å². The summed E-state index contributed by atoms with van der Waals surface area (Å²) < 4.78 is 45.6. The average Bonchev–Trinajstić information content (AvgIpc) is 2.90. The molecule has 7 heteroatoms. The van der Waals surface area contributed by atoms with Crippen LogP contribution in [0.15, 0.2) is 24.4 Å². The number of fused-ring (bicyclic) bond motifs is 1. The van der Waals surface area contributed by atoms with Crippen LogP contribution in [-0.2, 0) is 21.2 Å². The number of halogens is 1. The van der Waals surface area contributed by atoms with Crippen molar-refractivity contribution in [1.29, 1.82) is 0 Å². The van der Waals surface area contributed by atoms with Gasteiger partial charge in [0.1, 0.15) is 5.82 Å². The summed E-state index contributed by atoms with van der Waals surface area (Å²) in [6, 6.07) is 4.54. The van der Waals surface area contributed by atoms with E-state index in [2.05, 4.69) is 9.71 Å². The first kappa shape index (κ1) is 16.4.